The number of aromatic nitrogens is 2. The lowest BCUT2D eigenvalue weighted by molar-refractivity contribution is 0.0730. The molecule has 1 atom stereocenters. The van der Waals surface area contributed by atoms with Crippen LogP contribution in [-0.4, -0.2) is 28.1 Å². The summed E-state index contributed by atoms with van der Waals surface area (Å²) in [7, 11) is 1.63. The molecule has 1 aliphatic rings. The van der Waals surface area contributed by atoms with E-state index in [1.165, 1.54) is 0 Å². The topological polar surface area (TPSA) is 58.2 Å². The minimum atomic E-state index is -0.358. The van der Waals surface area contributed by atoms with Crippen molar-refractivity contribution in [3.05, 3.63) is 105 Å². The van der Waals surface area contributed by atoms with Crippen molar-refractivity contribution in [2.45, 2.75) is 12.6 Å². The second kappa shape index (κ2) is 8.34. The van der Waals surface area contributed by atoms with Crippen LogP contribution in [0.3, 0.4) is 0 Å². The highest BCUT2D eigenvalue weighted by Gasteiger charge is 2.42. The molecule has 0 saturated heterocycles. The fraction of sp³-hybridized carbons (Fsp3) is 0.120. The second-order valence-corrected chi connectivity index (χ2v) is 8.40. The van der Waals surface area contributed by atoms with E-state index in [2.05, 4.69) is 10.2 Å². The number of benzene rings is 3. The fourth-order valence-electron chi connectivity index (χ4n) is 4.14. The predicted octanol–water partition coefficient (Wildman–Crippen LogP) is 6.14. The highest BCUT2D eigenvalue weighted by Crippen LogP contribution is 2.44. The van der Waals surface area contributed by atoms with Crippen LogP contribution in [0, 0.1) is 0 Å². The number of amides is 1. The van der Waals surface area contributed by atoms with Gasteiger partial charge in [0.2, 0.25) is 0 Å². The van der Waals surface area contributed by atoms with Crippen molar-refractivity contribution >= 4 is 29.1 Å². The van der Waals surface area contributed by atoms with Crippen LogP contribution in [-0.2, 0) is 6.54 Å². The van der Waals surface area contributed by atoms with Gasteiger partial charge in [0, 0.05) is 17.7 Å². The van der Waals surface area contributed by atoms with Crippen molar-refractivity contribution in [3.8, 4) is 17.0 Å². The monoisotopic (exact) mass is 463 g/mol. The van der Waals surface area contributed by atoms with E-state index in [9.17, 15) is 4.79 Å². The highest BCUT2D eigenvalue weighted by atomic mass is 35.5. The molecule has 1 aliphatic heterocycles. The van der Waals surface area contributed by atoms with Gasteiger partial charge in [-0.15, -0.1) is 0 Å². The van der Waals surface area contributed by atoms with Crippen LogP contribution >= 0.6 is 23.2 Å². The number of carbonyl (C=O) groups excluding carboxylic acids is 1. The Bertz CT molecular complexity index is 1290. The Kier molecular flexibility index (Phi) is 5.37. The first kappa shape index (κ1) is 20.6. The SMILES string of the molecule is COc1ccc(-c2n[nH]c3c2C(c2ccc(Cl)c(Cl)c2)N(Cc2ccccc2)C3=O)cc1. The van der Waals surface area contributed by atoms with Gasteiger partial charge in [0.15, 0.2) is 0 Å². The summed E-state index contributed by atoms with van der Waals surface area (Å²) in [6, 6.07) is 22.7. The molecular weight excluding hydrogens is 445 g/mol. The van der Waals surface area contributed by atoms with Crippen molar-refractivity contribution in [2.24, 2.45) is 0 Å². The molecule has 1 unspecified atom stereocenters. The number of halogens is 2. The second-order valence-electron chi connectivity index (χ2n) is 7.58. The first-order valence-electron chi connectivity index (χ1n) is 10.1. The van der Waals surface area contributed by atoms with Gasteiger partial charge in [0.05, 0.1) is 28.9 Å². The quantitative estimate of drug-likeness (QED) is 0.386. The summed E-state index contributed by atoms with van der Waals surface area (Å²) in [6.07, 6.45) is 0. The zero-order valence-corrected chi connectivity index (χ0v) is 18.7. The van der Waals surface area contributed by atoms with Gasteiger partial charge in [-0.2, -0.15) is 5.10 Å². The third-order valence-electron chi connectivity index (χ3n) is 5.68. The van der Waals surface area contributed by atoms with E-state index >= 15 is 0 Å². The zero-order valence-electron chi connectivity index (χ0n) is 17.2. The van der Waals surface area contributed by atoms with E-state index < -0.39 is 0 Å². The zero-order chi connectivity index (χ0) is 22.2. The van der Waals surface area contributed by atoms with Crippen LogP contribution in [0.15, 0.2) is 72.8 Å². The third-order valence-corrected chi connectivity index (χ3v) is 6.42. The number of H-pyrrole nitrogens is 1. The summed E-state index contributed by atoms with van der Waals surface area (Å²) >= 11 is 12.5. The van der Waals surface area contributed by atoms with Crippen LogP contribution in [0.25, 0.3) is 11.3 Å². The molecule has 1 aromatic heterocycles. The number of fused-ring (bicyclic) bond motifs is 1. The number of carbonyl (C=O) groups is 1. The molecular formula is C25H19Cl2N3O2. The fourth-order valence-corrected chi connectivity index (χ4v) is 4.44. The molecule has 0 fully saturated rings. The first-order valence-corrected chi connectivity index (χ1v) is 10.8. The smallest absolute Gasteiger partial charge is 0.273 e. The first-order chi connectivity index (χ1) is 15.6. The normalized spacial score (nSPS) is 15.2. The molecule has 1 N–H and O–H groups in total. The molecule has 4 aromatic rings. The minimum absolute atomic E-state index is 0.104. The molecule has 32 heavy (non-hydrogen) atoms. The number of nitrogens with zero attached hydrogens (tertiary/aromatic N) is 2. The molecule has 1 amide bonds. The lowest BCUT2D eigenvalue weighted by Crippen LogP contribution is -2.29. The van der Waals surface area contributed by atoms with Crippen molar-refractivity contribution in [2.75, 3.05) is 7.11 Å². The molecule has 5 rings (SSSR count). The van der Waals surface area contributed by atoms with E-state index in [1.807, 2.05) is 71.6 Å². The lowest BCUT2D eigenvalue weighted by Gasteiger charge is -2.27. The van der Waals surface area contributed by atoms with Gasteiger partial charge in [0.1, 0.15) is 11.4 Å². The number of hydrogen-bond donors (Lipinski definition) is 1. The maximum atomic E-state index is 13.5. The standard InChI is InChI=1S/C25H19Cl2N3O2/c1-32-18-10-7-16(8-11-18)22-21-23(29-28-22)25(31)30(14-15-5-3-2-4-6-15)24(21)17-9-12-19(26)20(27)13-17/h2-13,24H,14H2,1H3,(H,28,29). The number of hydrogen-bond acceptors (Lipinski definition) is 3. The van der Waals surface area contributed by atoms with Crippen molar-refractivity contribution in [1.29, 1.82) is 0 Å². The number of aromatic amines is 1. The Morgan fingerprint density at radius 2 is 1.75 bits per heavy atom. The van der Waals surface area contributed by atoms with Crippen molar-refractivity contribution in [1.82, 2.24) is 15.1 Å². The number of rotatable bonds is 5. The van der Waals surface area contributed by atoms with E-state index in [0.717, 1.165) is 33.7 Å². The van der Waals surface area contributed by atoms with E-state index in [4.69, 9.17) is 27.9 Å². The van der Waals surface area contributed by atoms with Crippen molar-refractivity contribution < 1.29 is 9.53 Å². The maximum absolute atomic E-state index is 13.5. The minimum Gasteiger partial charge on any atom is -0.497 e. The summed E-state index contributed by atoms with van der Waals surface area (Å²) in [5.74, 6) is 0.649. The molecule has 5 nitrogen and oxygen atoms in total. The van der Waals surface area contributed by atoms with E-state index in [1.54, 1.807) is 13.2 Å². The Balaban J connectivity index is 1.65. The number of ether oxygens (including phenoxy) is 1. The van der Waals surface area contributed by atoms with E-state index in [-0.39, 0.29) is 11.9 Å². The van der Waals surface area contributed by atoms with Crippen molar-refractivity contribution in [3.63, 3.8) is 0 Å². The van der Waals surface area contributed by atoms with Gasteiger partial charge in [-0.1, -0.05) is 59.6 Å². The highest BCUT2D eigenvalue weighted by molar-refractivity contribution is 6.42. The Morgan fingerprint density at radius 1 is 1.00 bits per heavy atom. The molecule has 0 bridgehead atoms. The summed E-state index contributed by atoms with van der Waals surface area (Å²) in [6.45, 7) is 0.454. The summed E-state index contributed by atoms with van der Waals surface area (Å²) < 4.78 is 5.28. The van der Waals surface area contributed by atoms with Gasteiger partial charge in [-0.05, 0) is 47.5 Å². The summed E-state index contributed by atoms with van der Waals surface area (Å²) in [5, 5.41) is 8.39. The predicted molar refractivity (Wildman–Crippen MR) is 125 cm³/mol. The van der Waals surface area contributed by atoms with Crippen LogP contribution < -0.4 is 4.74 Å². The third kappa shape index (κ3) is 3.53. The molecule has 7 heteroatoms. The average molecular weight is 464 g/mol. The summed E-state index contributed by atoms with van der Waals surface area (Å²) in [4.78, 5) is 15.3. The van der Waals surface area contributed by atoms with Crippen LogP contribution in [0.2, 0.25) is 10.0 Å². The molecule has 0 saturated carbocycles. The molecule has 3 aromatic carbocycles. The van der Waals surface area contributed by atoms with Gasteiger partial charge >= 0.3 is 0 Å². The molecule has 0 aliphatic carbocycles. The Labute approximate surface area is 195 Å². The van der Waals surface area contributed by atoms with Crippen LogP contribution in [0.4, 0.5) is 0 Å². The van der Waals surface area contributed by atoms with Gasteiger partial charge < -0.3 is 9.64 Å². The number of methoxy groups -OCH3 is 1. The molecule has 2 heterocycles. The maximum Gasteiger partial charge on any atom is 0.273 e. The van der Waals surface area contributed by atoms with Crippen LogP contribution in [0.5, 0.6) is 5.75 Å². The van der Waals surface area contributed by atoms with Gasteiger partial charge in [-0.3, -0.25) is 9.89 Å². The van der Waals surface area contributed by atoms with E-state index in [0.29, 0.717) is 22.3 Å². The molecule has 0 radical (unpaired) electrons. The van der Waals surface area contributed by atoms with Crippen LogP contribution in [0.1, 0.15) is 33.2 Å². The Morgan fingerprint density at radius 3 is 2.44 bits per heavy atom. The van der Waals surface area contributed by atoms with Gasteiger partial charge in [-0.25, -0.2) is 0 Å². The van der Waals surface area contributed by atoms with Gasteiger partial charge in [0.25, 0.3) is 5.91 Å². The summed E-state index contributed by atoms with van der Waals surface area (Å²) in [5.41, 5.74) is 4.84. The molecule has 0 spiro atoms. The molecule has 160 valence electrons. The average Bonchev–Trinajstić information content (AvgIpc) is 3.36. The Hall–Kier alpha value is -3.28. The number of nitrogens with one attached hydrogen (secondary N) is 1. The largest absolute Gasteiger partial charge is 0.497 e. The lowest BCUT2D eigenvalue weighted by atomic mass is 9.96.